The van der Waals surface area contributed by atoms with Crippen LogP contribution in [0, 0.1) is 13.8 Å². The number of hydrogen-bond donors (Lipinski definition) is 1. The van der Waals surface area contributed by atoms with Gasteiger partial charge in [0.1, 0.15) is 0 Å². The summed E-state index contributed by atoms with van der Waals surface area (Å²) in [6.07, 6.45) is 3.88. The van der Waals surface area contributed by atoms with Gasteiger partial charge < -0.3 is 5.32 Å². The summed E-state index contributed by atoms with van der Waals surface area (Å²) in [6, 6.07) is 7.68. The topological polar surface area (TPSA) is 64.7 Å². The predicted octanol–water partition coefficient (Wildman–Crippen LogP) is 4.19. The second-order valence-corrected chi connectivity index (χ2v) is 7.41. The Balaban J connectivity index is 1.66. The fourth-order valence-corrected chi connectivity index (χ4v) is 3.26. The second-order valence-electron chi connectivity index (χ2n) is 6.05. The number of carbonyl (C=O) groups is 1. The highest BCUT2D eigenvalue weighted by Gasteiger charge is 2.14. The highest BCUT2D eigenvalue weighted by molar-refractivity contribution is 9.10. The van der Waals surface area contributed by atoms with E-state index in [0.717, 1.165) is 27.1 Å². The van der Waals surface area contributed by atoms with E-state index < -0.39 is 0 Å². The maximum Gasteiger partial charge on any atom is 0.226 e. The summed E-state index contributed by atoms with van der Waals surface area (Å²) >= 11 is 9.39. The molecule has 3 rings (SSSR count). The Hall–Kier alpha value is -2.12. The van der Waals surface area contributed by atoms with Crippen molar-refractivity contribution in [3.8, 4) is 0 Å². The largest absolute Gasteiger partial charge is 0.323 e. The summed E-state index contributed by atoms with van der Waals surface area (Å²) in [6.45, 7) is 4.96. The number of rotatable bonds is 6. The Labute approximate surface area is 165 Å². The van der Waals surface area contributed by atoms with E-state index in [9.17, 15) is 4.79 Å². The lowest BCUT2D eigenvalue weighted by Crippen LogP contribution is -2.15. The van der Waals surface area contributed by atoms with Crippen molar-refractivity contribution in [2.75, 3.05) is 5.32 Å². The molecule has 2 heterocycles. The zero-order valence-electron chi connectivity index (χ0n) is 14.5. The number of carbonyl (C=O) groups excluding carboxylic acids is 1. The monoisotopic (exact) mass is 435 g/mol. The lowest BCUT2D eigenvalue weighted by atomic mass is 10.2. The molecule has 0 aliphatic rings. The maximum absolute atomic E-state index is 12.3. The highest BCUT2D eigenvalue weighted by atomic mass is 79.9. The highest BCUT2D eigenvalue weighted by Crippen LogP contribution is 2.21. The van der Waals surface area contributed by atoms with Crippen molar-refractivity contribution >= 4 is 39.1 Å². The molecule has 136 valence electrons. The van der Waals surface area contributed by atoms with Gasteiger partial charge in [-0.1, -0.05) is 23.7 Å². The number of anilines is 1. The first-order valence-corrected chi connectivity index (χ1v) is 9.35. The number of aryl methyl sites for hydroxylation is 2. The molecule has 0 aliphatic heterocycles. The molecule has 0 spiro atoms. The smallest absolute Gasteiger partial charge is 0.226 e. The van der Waals surface area contributed by atoms with E-state index in [0.29, 0.717) is 24.5 Å². The van der Waals surface area contributed by atoms with Crippen molar-refractivity contribution in [3.05, 3.63) is 63.1 Å². The number of benzene rings is 1. The summed E-state index contributed by atoms with van der Waals surface area (Å²) < 4.78 is 4.50. The second kappa shape index (κ2) is 8.05. The molecule has 8 heteroatoms. The number of nitrogens with one attached hydrogen (secondary N) is 1. The zero-order valence-corrected chi connectivity index (χ0v) is 16.9. The molecule has 26 heavy (non-hydrogen) atoms. The number of aromatic nitrogens is 4. The van der Waals surface area contributed by atoms with E-state index in [1.165, 1.54) is 0 Å². The zero-order chi connectivity index (χ0) is 18.7. The van der Waals surface area contributed by atoms with Crippen LogP contribution in [0.2, 0.25) is 5.02 Å². The number of nitrogens with zero attached hydrogens (tertiary/aromatic N) is 4. The molecular weight excluding hydrogens is 418 g/mol. The van der Waals surface area contributed by atoms with E-state index >= 15 is 0 Å². The van der Waals surface area contributed by atoms with Crippen molar-refractivity contribution in [2.24, 2.45) is 0 Å². The minimum atomic E-state index is -0.0647. The first-order valence-electron chi connectivity index (χ1n) is 8.18. The van der Waals surface area contributed by atoms with E-state index in [2.05, 4.69) is 31.4 Å². The molecular formula is C18H19BrClN5O. The Bertz CT molecular complexity index is 934. The fraction of sp³-hybridized carbons (Fsp3) is 0.278. The van der Waals surface area contributed by atoms with Crippen LogP contribution in [-0.2, 0) is 17.9 Å². The van der Waals surface area contributed by atoms with Gasteiger partial charge in [0.15, 0.2) is 0 Å². The summed E-state index contributed by atoms with van der Waals surface area (Å²) in [5.41, 5.74) is 3.53. The molecule has 0 atom stereocenters. The molecule has 1 amide bonds. The van der Waals surface area contributed by atoms with Crippen LogP contribution in [0.5, 0.6) is 0 Å². The molecule has 3 aromatic rings. The van der Waals surface area contributed by atoms with Crippen LogP contribution in [0.4, 0.5) is 5.69 Å². The third kappa shape index (κ3) is 4.53. The van der Waals surface area contributed by atoms with E-state index in [4.69, 9.17) is 11.6 Å². The first kappa shape index (κ1) is 18.7. The summed E-state index contributed by atoms with van der Waals surface area (Å²) in [7, 11) is 0. The summed E-state index contributed by atoms with van der Waals surface area (Å²) in [4.78, 5) is 12.3. The average Bonchev–Trinajstić information content (AvgIpc) is 3.12. The van der Waals surface area contributed by atoms with Crippen LogP contribution < -0.4 is 5.32 Å². The minimum absolute atomic E-state index is 0.0647. The van der Waals surface area contributed by atoms with Crippen molar-refractivity contribution in [3.63, 3.8) is 0 Å². The molecule has 0 unspecified atom stereocenters. The van der Waals surface area contributed by atoms with Crippen LogP contribution in [0.25, 0.3) is 0 Å². The predicted molar refractivity (Wildman–Crippen MR) is 105 cm³/mol. The lowest BCUT2D eigenvalue weighted by molar-refractivity contribution is -0.116. The molecule has 1 aromatic carbocycles. The van der Waals surface area contributed by atoms with Crippen LogP contribution in [0.1, 0.15) is 23.4 Å². The quantitative estimate of drug-likeness (QED) is 0.630. The first-order chi connectivity index (χ1) is 12.4. The molecule has 2 aromatic heterocycles. The lowest BCUT2D eigenvalue weighted by Gasteiger charge is -2.08. The summed E-state index contributed by atoms with van der Waals surface area (Å²) in [5, 5.41) is 12.4. The van der Waals surface area contributed by atoms with Gasteiger partial charge in [-0.2, -0.15) is 10.2 Å². The normalized spacial score (nSPS) is 10.9. The maximum atomic E-state index is 12.3. The third-order valence-electron chi connectivity index (χ3n) is 4.04. The van der Waals surface area contributed by atoms with Gasteiger partial charge in [-0.25, -0.2) is 0 Å². The summed E-state index contributed by atoms with van der Waals surface area (Å²) in [5.74, 6) is -0.0647. The van der Waals surface area contributed by atoms with Crippen molar-refractivity contribution in [2.45, 2.75) is 33.4 Å². The molecule has 1 N–H and O–H groups in total. The SMILES string of the molecule is Cc1nn(Cc2cccc(Cl)c2)c(C)c1NC(=O)CCn1cc(Br)cn1. The van der Waals surface area contributed by atoms with Gasteiger partial charge in [0, 0.05) is 24.2 Å². The standard InChI is InChI=1S/C18H19BrClN5O/c1-12-18(22-17(26)6-7-24-11-15(19)9-21-24)13(2)25(23-12)10-14-4-3-5-16(20)8-14/h3-5,8-9,11H,6-7,10H2,1-2H3,(H,22,26). The van der Waals surface area contributed by atoms with Crippen LogP contribution >= 0.6 is 27.5 Å². The van der Waals surface area contributed by atoms with Crippen LogP contribution in [0.3, 0.4) is 0 Å². The van der Waals surface area contributed by atoms with Crippen molar-refractivity contribution in [1.82, 2.24) is 19.6 Å². The van der Waals surface area contributed by atoms with Crippen LogP contribution in [-0.4, -0.2) is 25.5 Å². The Morgan fingerprint density at radius 2 is 2.15 bits per heavy atom. The van der Waals surface area contributed by atoms with Gasteiger partial charge in [0.05, 0.1) is 34.3 Å². The number of amides is 1. The molecule has 0 radical (unpaired) electrons. The van der Waals surface area contributed by atoms with Crippen LogP contribution in [0.15, 0.2) is 41.1 Å². The van der Waals surface area contributed by atoms with Gasteiger partial charge in [-0.15, -0.1) is 0 Å². The minimum Gasteiger partial charge on any atom is -0.323 e. The Kier molecular flexibility index (Phi) is 5.78. The molecule has 0 bridgehead atoms. The Morgan fingerprint density at radius 3 is 2.85 bits per heavy atom. The third-order valence-corrected chi connectivity index (χ3v) is 4.68. The van der Waals surface area contributed by atoms with E-state index in [1.54, 1.807) is 10.9 Å². The van der Waals surface area contributed by atoms with Gasteiger partial charge >= 0.3 is 0 Å². The van der Waals surface area contributed by atoms with Gasteiger partial charge in [-0.3, -0.25) is 14.2 Å². The Morgan fingerprint density at radius 1 is 1.35 bits per heavy atom. The number of halogens is 2. The van der Waals surface area contributed by atoms with Crippen molar-refractivity contribution < 1.29 is 4.79 Å². The van der Waals surface area contributed by atoms with E-state index in [-0.39, 0.29) is 5.91 Å². The van der Waals surface area contributed by atoms with Gasteiger partial charge in [0.25, 0.3) is 0 Å². The number of hydrogen-bond acceptors (Lipinski definition) is 3. The average molecular weight is 437 g/mol. The van der Waals surface area contributed by atoms with Crippen molar-refractivity contribution in [1.29, 1.82) is 0 Å². The van der Waals surface area contributed by atoms with E-state index in [1.807, 2.05) is 49.0 Å². The molecule has 0 saturated carbocycles. The van der Waals surface area contributed by atoms with Gasteiger partial charge in [0.2, 0.25) is 5.91 Å². The molecule has 0 fully saturated rings. The molecule has 0 saturated heterocycles. The molecule has 0 aliphatic carbocycles. The fourth-order valence-electron chi connectivity index (χ4n) is 2.72. The molecule has 6 nitrogen and oxygen atoms in total. The van der Waals surface area contributed by atoms with Gasteiger partial charge in [-0.05, 0) is 47.5 Å².